The summed E-state index contributed by atoms with van der Waals surface area (Å²) < 4.78 is 5.15. The zero-order valence-corrected chi connectivity index (χ0v) is 17.5. The van der Waals surface area contributed by atoms with Crippen LogP contribution >= 0.6 is 24.0 Å². The summed E-state index contributed by atoms with van der Waals surface area (Å²) in [6.45, 7) is 4.94. The van der Waals surface area contributed by atoms with Crippen molar-refractivity contribution < 1.29 is 9.53 Å². The Morgan fingerprint density at radius 2 is 1.92 bits per heavy atom. The molecule has 0 saturated carbocycles. The van der Waals surface area contributed by atoms with Gasteiger partial charge in [0.25, 0.3) is 0 Å². The average molecular weight is 448 g/mol. The number of methoxy groups -OCH3 is 1. The Balaban J connectivity index is 0.00000529. The first kappa shape index (κ1) is 22.5. The summed E-state index contributed by atoms with van der Waals surface area (Å²) in [5.41, 5.74) is 1.08. The molecule has 0 aliphatic rings. The zero-order chi connectivity index (χ0) is 17.2. The minimum Gasteiger partial charge on any atom is -0.497 e. The number of carbonyl (C=O) groups is 1. The fourth-order valence-corrected chi connectivity index (χ4v) is 1.71. The van der Waals surface area contributed by atoms with E-state index in [0.717, 1.165) is 17.7 Å². The number of benzene rings is 1. The molecular formula is C17H29IN4O2. The molecule has 1 unspecified atom stereocenters. The predicted octanol–water partition coefficient (Wildman–Crippen LogP) is 2.24. The number of amides is 1. The van der Waals surface area contributed by atoms with Crippen LogP contribution in [0.15, 0.2) is 29.3 Å². The number of halogens is 1. The monoisotopic (exact) mass is 448 g/mol. The topological polar surface area (TPSA) is 66.0 Å². The van der Waals surface area contributed by atoms with E-state index < -0.39 is 0 Å². The molecule has 1 amide bonds. The molecule has 0 saturated heterocycles. The number of nitrogens with zero attached hydrogens (tertiary/aromatic N) is 2. The number of aliphatic imine (C=N–C) groups is 1. The van der Waals surface area contributed by atoms with Gasteiger partial charge < -0.3 is 20.3 Å². The summed E-state index contributed by atoms with van der Waals surface area (Å²) in [7, 11) is 5.12. The maximum Gasteiger partial charge on any atom is 0.241 e. The van der Waals surface area contributed by atoms with Crippen LogP contribution in [0.5, 0.6) is 5.75 Å². The van der Waals surface area contributed by atoms with E-state index in [0.29, 0.717) is 12.5 Å². The van der Waals surface area contributed by atoms with Crippen molar-refractivity contribution in [3.63, 3.8) is 0 Å². The largest absolute Gasteiger partial charge is 0.497 e. The minimum absolute atomic E-state index is 0. The second-order valence-corrected chi connectivity index (χ2v) is 5.61. The molecule has 1 aromatic carbocycles. The van der Waals surface area contributed by atoms with Crippen molar-refractivity contribution in [2.45, 2.75) is 32.9 Å². The average Bonchev–Trinajstić information content (AvgIpc) is 2.56. The molecule has 0 bridgehead atoms. The summed E-state index contributed by atoms with van der Waals surface area (Å²) >= 11 is 0. The van der Waals surface area contributed by atoms with Gasteiger partial charge in [0.2, 0.25) is 5.91 Å². The molecule has 0 aliphatic heterocycles. The molecule has 1 aromatic rings. The first-order chi connectivity index (χ1) is 11.0. The normalized spacial score (nSPS) is 12.0. The van der Waals surface area contributed by atoms with Gasteiger partial charge in [0.1, 0.15) is 5.75 Å². The van der Waals surface area contributed by atoms with Crippen molar-refractivity contribution in [1.82, 2.24) is 15.5 Å². The second kappa shape index (κ2) is 11.9. The third-order valence-corrected chi connectivity index (χ3v) is 3.48. The van der Waals surface area contributed by atoms with Gasteiger partial charge in [0.05, 0.1) is 20.2 Å². The number of rotatable bonds is 7. The third-order valence-electron chi connectivity index (χ3n) is 3.48. The van der Waals surface area contributed by atoms with Crippen LogP contribution in [0, 0.1) is 0 Å². The molecular weight excluding hydrogens is 419 g/mol. The highest BCUT2D eigenvalue weighted by Crippen LogP contribution is 2.11. The second-order valence-electron chi connectivity index (χ2n) is 5.61. The van der Waals surface area contributed by atoms with E-state index in [1.54, 1.807) is 26.1 Å². The molecule has 0 heterocycles. The lowest BCUT2D eigenvalue weighted by Crippen LogP contribution is -2.45. The molecule has 0 radical (unpaired) electrons. The van der Waals surface area contributed by atoms with Crippen LogP contribution in [0.2, 0.25) is 0 Å². The number of hydrogen-bond donors (Lipinski definition) is 2. The summed E-state index contributed by atoms with van der Waals surface area (Å²) in [4.78, 5) is 17.8. The molecule has 24 heavy (non-hydrogen) atoms. The lowest BCUT2D eigenvalue weighted by Gasteiger charge is -2.18. The molecule has 2 N–H and O–H groups in total. The van der Waals surface area contributed by atoms with E-state index in [4.69, 9.17) is 4.74 Å². The summed E-state index contributed by atoms with van der Waals surface area (Å²) in [5, 5.41) is 6.38. The summed E-state index contributed by atoms with van der Waals surface area (Å²) in [6.07, 6.45) is 0.977. The smallest absolute Gasteiger partial charge is 0.241 e. The Morgan fingerprint density at radius 1 is 1.29 bits per heavy atom. The number of nitrogens with one attached hydrogen (secondary N) is 2. The van der Waals surface area contributed by atoms with Crippen molar-refractivity contribution >= 4 is 35.8 Å². The number of ether oxygens (including phenoxy) is 1. The Hall–Kier alpha value is -1.51. The van der Waals surface area contributed by atoms with E-state index in [-0.39, 0.29) is 42.5 Å². The van der Waals surface area contributed by atoms with Gasteiger partial charge in [0, 0.05) is 20.1 Å². The van der Waals surface area contributed by atoms with Crippen LogP contribution in [0.1, 0.15) is 25.8 Å². The number of guanidine groups is 1. The lowest BCUT2D eigenvalue weighted by atomic mass is 10.2. The van der Waals surface area contributed by atoms with Gasteiger partial charge >= 0.3 is 0 Å². The third kappa shape index (κ3) is 8.37. The van der Waals surface area contributed by atoms with Gasteiger partial charge in [-0.25, -0.2) is 4.99 Å². The number of likely N-dealkylation sites (N-methyl/N-ethyl adjacent to an activating group) is 1. The number of hydrogen-bond acceptors (Lipinski definition) is 3. The Bertz CT molecular complexity index is 518. The first-order valence-electron chi connectivity index (χ1n) is 7.84. The van der Waals surface area contributed by atoms with E-state index in [2.05, 4.69) is 29.5 Å². The van der Waals surface area contributed by atoms with Gasteiger partial charge in [-0.1, -0.05) is 19.1 Å². The van der Waals surface area contributed by atoms with E-state index >= 15 is 0 Å². The van der Waals surface area contributed by atoms with Crippen molar-refractivity contribution in [3.05, 3.63) is 29.8 Å². The van der Waals surface area contributed by atoms with E-state index in [1.807, 2.05) is 24.3 Å². The van der Waals surface area contributed by atoms with Crippen molar-refractivity contribution in [2.75, 3.05) is 27.7 Å². The predicted molar refractivity (Wildman–Crippen MR) is 109 cm³/mol. The van der Waals surface area contributed by atoms with Crippen LogP contribution in [0.25, 0.3) is 0 Å². The maximum atomic E-state index is 11.7. The van der Waals surface area contributed by atoms with E-state index in [9.17, 15) is 4.79 Å². The van der Waals surface area contributed by atoms with Crippen LogP contribution in [-0.2, 0) is 11.3 Å². The molecule has 1 rings (SSSR count). The van der Waals surface area contributed by atoms with Crippen molar-refractivity contribution in [3.8, 4) is 5.75 Å². The molecule has 1 atom stereocenters. The van der Waals surface area contributed by atoms with Crippen LogP contribution in [0.3, 0.4) is 0 Å². The quantitative estimate of drug-likeness (QED) is 0.382. The number of carbonyl (C=O) groups excluding carboxylic acids is 1. The van der Waals surface area contributed by atoms with Crippen molar-refractivity contribution in [2.24, 2.45) is 4.99 Å². The standard InChI is InChI=1S/C17H28N4O2.HI/c1-6-13(2)20-17(19-12-16(22)21(3)4)18-11-14-7-9-15(23-5)10-8-14;/h7-10,13H,6,11-12H2,1-5H3,(H2,18,19,20);1H. The molecule has 7 heteroatoms. The van der Waals surface area contributed by atoms with Crippen molar-refractivity contribution in [1.29, 1.82) is 0 Å². The fourth-order valence-electron chi connectivity index (χ4n) is 1.71. The van der Waals surface area contributed by atoms with Crippen LogP contribution in [-0.4, -0.2) is 50.6 Å². The maximum absolute atomic E-state index is 11.7. The van der Waals surface area contributed by atoms with Crippen LogP contribution < -0.4 is 15.4 Å². The SMILES string of the molecule is CCC(C)NC(=NCc1ccc(OC)cc1)NCC(=O)N(C)C.I. The van der Waals surface area contributed by atoms with Crippen LogP contribution in [0.4, 0.5) is 0 Å². The highest BCUT2D eigenvalue weighted by atomic mass is 127. The summed E-state index contributed by atoms with van der Waals surface area (Å²) in [5.74, 6) is 1.48. The molecule has 0 fully saturated rings. The molecule has 0 aromatic heterocycles. The summed E-state index contributed by atoms with van der Waals surface area (Å²) in [6, 6.07) is 8.07. The van der Waals surface area contributed by atoms with E-state index in [1.165, 1.54) is 0 Å². The Kier molecular flexibility index (Phi) is 11.2. The van der Waals surface area contributed by atoms with Gasteiger partial charge in [-0.3, -0.25) is 4.79 Å². The molecule has 0 aliphatic carbocycles. The Labute approximate surface area is 162 Å². The first-order valence-corrected chi connectivity index (χ1v) is 7.84. The van der Waals surface area contributed by atoms with Gasteiger partial charge in [-0.05, 0) is 31.0 Å². The fraction of sp³-hybridized carbons (Fsp3) is 0.529. The molecule has 0 spiro atoms. The molecule has 6 nitrogen and oxygen atoms in total. The Morgan fingerprint density at radius 3 is 2.42 bits per heavy atom. The highest BCUT2D eigenvalue weighted by Gasteiger charge is 2.08. The van der Waals surface area contributed by atoms with Gasteiger partial charge in [0.15, 0.2) is 5.96 Å². The highest BCUT2D eigenvalue weighted by molar-refractivity contribution is 14.0. The minimum atomic E-state index is 0. The van der Waals surface area contributed by atoms with Gasteiger partial charge in [-0.2, -0.15) is 0 Å². The lowest BCUT2D eigenvalue weighted by molar-refractivity contribution is -0.127. The zero-order valence-electron chi connectivity index (χ0n) is 15.1. The van der Waals surface area contributed by atoms with Gasteiger partial charge in [-0.15, -0.1) is 24.0 Å². The molecule has 136 valence electrons.